The molecule has 0 aliphatic heterocycles. The van der Waals surface area contributed by atoms with Gasteiger partial charge in [-0.3, -0.25) is 0 Å². The number of sulfonamides is 1. The first-order valence-electron chi connectivity index (χ1n) is 5.29. The molecule has 0 saturated heterocycles. The summed E-state index contributed by atoms with van der Waals surface area (Å²) < 4.78 is 25.1. The lowest BCUT2D eigenvalue weighted by Crippen LogP contribution is -2.30. The summed E-state index contributed by atoms with van der Waals surface area (Å²) >= 11 is 3.50. The fourth-order valence-corrected chi connectivity index (χ4v) is 2.45. The molecule has 17 heavy (non-hydrogen) atoms. The van der Waals surface area contributed by atoms with Crippen LogP contribution in [0.5, 0.6) is 0 Å². The van der Waals surface area contributed by atoms with Crippen molar-refractivity contribution in [3.8, 4) is 0 Å². The number of halogens is 1. The second-order valence-electron chi connectivity index (χ2n) is 3.94. The van der Waals surface area contributed by atoms with Gasteiger partial charge in [0.2, 0.25) is 10.0 Å². The lowest BCUT2D eigenvalue weighted by Gasteiger charge is -2.08. The van der Waals surface area contributed by atoms with Crippen LogP contribution in [-0.4, -0.2) is 27.8 Å². The largest absolute Gasteiger partial charge is 0.311 e. The van der Waals surface area contributed by atoms with E-state index >= 15 is 0 Å². The van der Waals surface area contributed by atoms with E-state index in [9.17, 15) is 8.42 Å². The maximum absolute atomic E-state index is 10.8. The van der Waals surface area contributed by atoms with Gasteiger partial charge in [0.15, 0.2) is 0 Å². The van der Waals surface area contributed by atoms with Gasteiger partial charge in [0.05, 0.1) is 6.26 Å². The highest BCUT2D eigenvalue weighted by Gasteiger charge is 2.01. The molecule has 6 heteroatoms. The highest BCUT2D eigenvalue weighted by atomic mass is 79.9. The Hall–Kier alpha value is -0.430. The number of rotatable bonds is 6. The molecule has 0 spiro atoms. The maximum atomic E-state index is 10.8. The topological polar surface area (TPSA) is 58.2 Å². The van der Waals surface area contributed by atoms with E-state index < -0.39 is 10.0 Å². The predicted molar refractivity (Wildman–Crippen MR) is 73.4 cm³/mol. The molecule has 0 fully saturated rings. The van der Waals surface area contributed by atoms with E-state index in [0.29, 0.717) is 19.6 Å². The Morgan fingerprint density at radius 2 is 2.00 bits per heavy atom. The lowest BCUT2D eigenvalue weighted by molar-refractivity contribution is 0.581. The highest BCUT2D eigenvalue weighted by Crippen LogP contribution is 2.17. The first kappa shape index (κ1) is 14.6. The van der Waals surface area contributed by atoms with Crippen molar-refractivity contribution in [3.05, 3.63) is 33.8 Å². The Morgan fingerprint density at radius 3 is 2.59 bits per heavy atom. The Labute approximate surface area is 111 Å². The molecule has 0 heterocycles. The van der Waals surface area contributed by atoms with Gasteiger partial charge in [-0.2, -0.15) is 0 Å². The first-order valence-corrected chi connectivity index (χ1v) is 7.97. The zero-order chi connectivity index (χ0) is 12.9. The molecule has 96 valence electrons. The summed E-state index contributed by atoms with van der Waals surface area (Å²) in [4.78, 5) is 0. The van der Waals surface area contributed by atoms with Crippen LogP contribution in [0, 0.1) is 6.92 Å². The molecule has 0 aliphatic carbocycles. The van der Waals surface area contributed by atoms with Gasteiger partial charge in [-0.15, -0.1) is 0 Å². The maximum Gasteiger partial charge on any atom is 0.208 e. The summed E-state index contributed by atoms with van der Waals surface area (Å²) in [7, 11) is -3.08. The van der Waals surface area contributed by atoms with E-state index in [2.05, 4.69) is 44.2 Å². The van der Waals surface area contributed by atoms with Crippen molar-refractivity contribution in [2.45, 2.75) is 13.5 Å². The Bertz CT molecular complexity index is 474. The fraction of sp³-hybridized carbons (Fsp3) is 0.455. The molecule has 0 saturated carbocycles. The van der Waals surface area contributed by atoms with Crippen molar-refractivity contribution in [1.82, 2.24) is 10.0 Å². The zero-order valence-electron chi connectivity index (χ0n) is 9.96. The molecule has 2 N–H and O–H groups in total. The molecule has 0 atom stereocenters. The number of nitrogens with one attached hydrogen (secondary N) is 2. The fourth-order valence-electron chi connectivity index (χ4n) is 1.34. The Balaban J connectivity index is 2.32. The van der Waals surface area contributed by atoms with Crippen molar-refractivity contribution in [2.24, 2.45) is 0 Å². The van der Waals surface area contributed by atoms with Crippen LogP contribution in [0.2, 0.25) is 0 Å². The highest BCUT2D eigenvalue weighted by molar-refractivity contribution is 9.10. The van der Waals surface area contributed by atoms with Gasteiger partial charge in [-0.1, -0.05) is 28.1 Å². The second kappa shape index (κ2) is 6.49. The van der Waals surface area contributed by atoms with Crippen LogP contribution in [0.15, 0.2) is 22.7 Å². The molecular formula is C11H17BrN2O2S. The van der Waals surface area contributed by atoms with Crippen molar-refractivity contribution in [1.29, 1.82) is 0 Å². The summed E-state index contributed by atoms with van der Waals surface area (Å²) in [6.07, 6.45) is 1.16. The average Bonchev–Trinajstić information content (AvgIpc) is 2.18. The SMILES string of the molecule is Cc1ccc(CNCCNS(C)(=O)=O)c(Br)c1. The van der Waals surface area contributed by atoms with Crippen LogP contribution in [-0.2, 0) is 16.6 Å². The van der Waals surface area contributed by atoms with E-state index in [4.69, 9.17) is 0 Å². The molecular weight excluding hydrogens is 304 g/mol. The summed E-state index contributed by atoms with van der Waals surface area (Å²) in [5, 5.41) is 3.18. The van der Waals surface area contributed by atoms with Crippen LogP contribution >= 0.6 is 15.9 Å². The van der Waals surface area contributed by atoms with Gasteiger partial charge < -0.3 is 5.32 Å². The normalized spacial score (nSPS) is 11.7. The standard InChI is InChI=1S/C11H17BrN2O2S/c1-9-3-4-10(11(12)7-9)8-13-5-6-14-17(2,15)16/h3-4,7,13-14H,5-6,8H2,1-2H3. The zero-order valence-corrected chi connectivity index (χ0v) is 12.4. The predicted octanol–water partition coefficient (Wildman–Crippen LogP) is 1.40. The molecule has 0 radical (unpaired) electrons. The third kappa shape index (κ3) is 6.16. The quantitative estimate of drug-likeness (QED) is 0.779. The Kier molecular flexibility index (Phi) is 5.58. The molecule has 0 aliphatic rings. The van der Waals surface area contributed by atoms with Gasteiger partial charge >= 0.3 is 0 Å². The molecule has 1 aromatic rings. The molecule has 1 aromatic carbocycles. The van der Waals surface area contributed by atoms with Crippen molar-refractivity contribution in [2.75, 3.05) is 19.3 Å². The van der Waals surface area contributed by atoms with E-state index in [-0.39, 0.29) is 0 Å². The van der Waals surface area contributed by atoms with E-state index in [1.165, 1.54) is 5.56 Å². The molecule has 0 aromatic heterocycles. The van der Waals surface area contributed by atoms with Crippen LogP contribution in [0.25, 0.3) is 0 Å². The first-order chi connectivity index (χ1) is 7.88. The van der Waals surface area contributed by atoms with Crippen LogP contribution in [0.3, 0.4) is 0 Å². The van der Waals surface area contributed by atoms with Gasteiger partial charge in [0, 0.05) is 24.1 Å². The van der Waals surface area contributed by atoms with Crippen molar-refractivity contribution >= 4 is 26.0 Å². The van der Waals surface area contributed by atoms with Crippen molar-refractivity contribution < 1.29 is 8.42 Å². The smallest absolute Gasteiger partial charge is 0.208 e. The summed E-state index contributed by atoms with van der Waals surface area (Å²) in [5.41, 5.74) is 2.37. The lowest BCUT2D eigenvalue weighted by atomic mass is 10.1. The summed E-state index contributed by atoms with van der Waals surface area (Å²) in [6, 6.07) is 6.17. The van der Waals surface area contributed by atoms with E-state index in [1.807, 2.05) is 6.92 Å². The molecule has 0 unspecified atom stereocenters. The van der Waals surface area contributed by atoms with E-state index in [0.717, 1.165) is 16.3 Å². The monoisotopic (exact) mass is 320 g/mol. The van der Waals surface area contributed by atoms with Gasteiger partial charge in [-0.25, -0.2) is 13.1 Å². The molecule has 4 nitrogen and oxygen atoms in total. The molecule has 0 amide bonds. The minimum Gasteiger partial charge on any atom is -0.311 e. The van der Waals surface area contributed by atoms with E-state index in [1.54, 1.807) is 0 Å². The molecule has 1 rings (SSSR count). The van der Waals surface area contributed by atoms with Crippen molar-refractivity contribution in [3.63, 3.8) is 0 Å². The van der Waals surface area contributed by atoms with Gasteiger partial charge in [0.1, 0.15) is 0 Å². The summed E-state index contributed by atoms with van der Waals surface area (Å²) in [5.74, 6) is 0. The van der Waals surface area contributed by atoms with Crippen LogP contribution < -0.4 is 10.0 Å². The van der Waals surface area contributed by atoms with Crippen LogP contribution in [0.4, 0.5) is 0 Å². The van der Waals surface area contributed by atoms with Crippen LogP contribution in [0.1, 0.15) is 11.1 Å². The van der Waals surface area contributed by atoms with Gasteiger partial charge in [-0.05, 0) is 24.1 Å². The minimum atomic E-state index is -3.08. The minimum absolute atomic E-state index is 0.405. The Morgan fingerprint density at radius 1 is 1.29 bits per heavy atom. The summed E-state index contributed by atoms with van der Waals surface area (Å²) in [6.45, 7) is 3.76. The molecule has 0 bridgehead atoms. The number of hydrogen-bond acceptors (Lipinski definition) is 3. The van der Waals surface area contributed by atoms with Gasteiger partial charge in [0.25, 0.3) is 0 Å². The number of hydrogen-bond donors (Lipinski definition) is 2. The second-order valence-corrected chi connectivity index (χ2v) is 6.63. The average molecular weight is 321 g/mol. The number of benzene rings is 1. The third-order valence-corrected chi connectivity index (χ3v) is 3.66. The number of aryl methyl sites for hydroxylation is 1. The third-order valence-electron chi connectivity index (χ3n) is 2.19.